The van der Waals surface area contributed by atoms with E-state index in [-0.39, 0.29) is 16.0 Å². The van der Waals surface area contributed by atoms with E-state index in [0.29, 0.717) is 30.9 Å². The lowest BCUT2D eigenvalue weighted by Crippen LogP contribution is -2.31. The molecule has 0 aromatic heterocycles. The van der Waals surface area contributed by atoms with Gasteiger partial charge in [0.1, 0.15) is 11.5 Å². The maximum atomic E-state index is 13.4. The lowest BCUT2D eigenvalue weighted by atomic mass is 10.0. The Morgan fingerprint density at radius 2 is 1.76 bits per heavy atom. The monoisotopic (exact) mass is 416 g/mol. The molecule has 1 unspecified atom stereocenters. The van der Waals surface area contributed by atoms with Gasteiger partial charge in [0.2, 0.25) is 10.0 Å². The fraction of sp³-hybridized carbons (Fsp3) is 0.300. The van der Waals surface area contributed by atoms with E-state index in [9.17, 15) is 18.0 Å². The van der Waals surface area contributed by atoms with E-state index >= 15 is 0 Å². The van der Waals surface area contributed by atoms with Gasteiger partial charge in [0.25, 0.3) is 11.8 Å². The number of nitrogens with zero attached hydrogens (tertiary/aromatic N) is 1. The first-order valence-corrected chi connectivity index (χ1v) is 10.5. The van der Waals surface area contributed by atoms with Gasteiger partial charge in [-0.25, -0.2) is 8.42 Å². The zero-order valence-corrected chi connectivity index (χ0v) is 16.8. The van der Waals surface area contributed by atoms with Crippen molar-refractivity contribution in [1.82, 2.24) is 9.62 Å². The maximum Gasteiger partial charge on any atom is 0.258 e. The van der Waals surface area contributed by atoms with E-state index < -0.39 is 27.9 Å². The summed E-state index contributed by atoms with van der Waals surface area (Å²) in [4.78, 5) is 23.7. The lowest BCUT2D eigenvalue weighted by molar-refractivity contribution is 0.0879. The number of sulfonamides is 1. The Balaban J connectivity index is 1.75. The van der Waals surface area contributed by atoms with Crippen LogP contribution in [-0.4, -0.2) is 45.3 Å². The van der Waals surface area contributed by atoms with Crippen LogP contribution in [0.5, 0.6) is 11.5 Å². The molecule has 2 aromatic rings. The third-order valence-corrected chi connectivity index (χ3v) is 7.22. The number of fused-ring (bicyclic) bond motifs is 1. The molecule has 1 atom stereocenters. The molecule has 9 heteroatoms. The van der Waals surface area contributed by atoms with E-state index in [1.165, 1.54) is 29.6 Å². The van der Waals surface area contributed by atoms with Crippen molar-refractivity contribution >= 4 is 21.8 Å². The number of hydrogen-bond donors (Lipinski definition) is 1. The molecule has 2 aliphatic heterocycles. The standard InChI is InChI=1S/C20H20N2O6S/c1-27-12-5-8-18(28-2)16(10-12)17-4-3-9-22(17)29(25,26)13-6-7-14-15(11-13)20(24)21-19(14)23/h5-8,10-11,17H,3-4,9H2,1-2H3,(H,21,23,24). The second-order valence-electron chi connectivity index (χ2n) is 6.87. The summed E-state index contributed by atoms with van der Waals surface area (Å²) in [5, 5.41) is 2.18. The summed E-state index contributed by atoms with van der Waals surface area (Å²) in [6.45, 7) is 0.343. The number of rotatable bonds is 5. The van der Waals surface area contributed by atoms with Crippen molar-refractivity contribution in [2.45, 2.75) is 23.8 Å². The smallest absolute Gasteiger partial charge is 0.258 e. The highest BCUT2D eigenvalue weighted by molar-refractivity contribution is 7.89. The minimum Gasteiger partial charge on any atom is -0.497 e. The summed E-state index contributed by atoms with van der Waals surface area (Å²) in [5.41, 5.74) is 0.981. The molecule has 152 valence electrons. The van der Waals surface area contributed by atoms with Crippen molar-refractivity contribution in [3.8, 4) is 11.5 Å². The quantitative estimate of drug-likeness (QED) is 0.749. The zero-order valence-electron chi connectivity index (χ0n) is 16.0. The molecule has 1 saturated heterocycles. The number of nitrogens with one attached hydrogen (secondary N) is 1. The van der Waals surface area contributed by atoms with Crippen LogP contribution in [0.4, 0.5) is 0 Å². The Morgan fingerprint density at radius 3 is 2.48 bits per heavy atom. The van der Waals surface area contributed by atoms with Crippen molar-refractivity contribution in [3.05, 3.63) is 53.1 Å². The van der Waals surface area contributed by atoms with Gasteiger partial charge in [-0.2, -0.15) is 4.31 Å². The Morgan fingerprint density at radius 1 is 1.00 bits per heavy atom. The van der Waals surface area contributed by atoms with Crippen LogP contribution < -0.4 is 14.8 Å². The highest BCUT2D eigenvalue weighted by Gasteiger charge is 2.39. The molecule has 0 bridgehead atoms. The van der Waals surface area contributed by atoms with Crippen LogP contribution in [0.15, 0.2) is 41.3 Å². The molecular weight excluding hydrogens is 396 g/mol. The summed E-state index contributed by atoms with van der Waals surface area (Å²) in [6, 6.07) is 8.88. The third kappa shape index (κ3) is 3.16. The van der Waals surface area contributed by atoms with E-state index in [2.05, 4.69) is 5.32 Å². The molecule has 4 rings (SSSR count). The minimum atomic E-state index is -3.90. The number of hydrogen-bond acceptors (Lipinski definition) is 6. The predicted molar refractivity (Wildman–Crippen MR) is 104 cm³/mol. The highest BCUT2D eigenvalue weighted by Crippen LogP contribution is 2.41. The summed E-state index contributed by atoms with van der Waals surface area (Å²) < 4.78 is 38.9. The number of ether oxygens (including phenoxy) is 2. The molecular formula is C20H20N2O6S. The summed E-state index contributed by atoms with van der Waals surface area (Å²) >= 11 is 0. The van der Waals surface area contributed by atoms with Gasteiger partial charge in [0.05, 0.1) is 36.3 Å². The molecule has 2 aliphatic rings. The topological polar surface area (TPSA) is 102 Å². The van der Waals surface area contributed by atoms with Gasteiger partial charge < -0.3 is 9.47 Å². The first kappa shape index (κ1) is 19.4. The van der Waals surface area contributed by atoms with E-state index in [1.807, 2.05) is 0 Å². The van der Waals surface area contributed by atoms with Gasteiger partial charge in [-0.1, -0.05) is 0 Å². The van der Waals surface area contributed by atoms with Gasteiger partial charge >= 0.3 is 0 Å². The average Bonchev–Trinajstić information content (AvgIpc) is 3.33. The summed E-state index contributed by atoms with van der Waals surface area (Å²) in [5.74, 6) is 0.0817. The van der Waals surface area contributed by atoms with Crippen LogP contribution in [-0.2, 0) is 10.0 Å². The number of imide groups is 1. The average molecular weight is 416 g/mol. The molecule has 1 N–H and O–H groups in total. The third-order valence-electron chi connectivity index (χ3n) is 5.31. The van der Waals surface area contributed by atoms with E-state index in [0.717, 1.165) is 5.56 Å². The second kappa shape index (κ2) is 7.16. The summed E-state index contributed by atoms with van der Waals surface area (Å²) in [7, 11) is -0.813. The van der Waals surface area contributed by atoms with Crippen molar-refractivity contribution in [1.29, 1.82) is 0 Å². The molecule has 2 heterocycles. The Hall–Kier alpha value is -2.91. The zero-order chi connectivity index (χ0) is 20.8. The molecule has 8 nitrogen and oxygen atoms in total. The number of carbonyl (C=O) groups is 2. The van der Waals surface area contributed by atoms with Crippen LogP contribution in [0.25, 0.3) is 0 Å². The first-order valence-electron chi connectivity index (χ1n) is 9.10. The minimum absolute atomic E-state index is 0.0186. The van der Waals surface area contributed by atoms with Gasteiger partial charge in [-0.3, -0.25) is 14.9 Å². The Labute approximate surface area is 168 Å². The SMILES string of the molecule is COc1ccc(OC)c(C2CCCN2S(=O)(=O)c2ccc3c(c2)C(=O)NC3=O)c1. The van der Waals surface area contributed by atoms with Crippen LogP contribution in [0.2, 0.25) is 0 Å². The largest absolute Gasteiger partial charge is 0.497 e. The van der Waals surface area contributed by atoms with Gasteiger partial charge in [-0.05, 0) is 49.2 Å². The fourth-order valence-corrected chi connectivity index (χ4v) is 5.58. The summed E-state index contributed by atoms with van der Waals surface area (Å²) in [6.07, 6.45) is 1.32. The number of carbonyl (C=O) groups excluding carboxylic acids is 2. The van der Waals surface area contributed by atoms with Crippen molar-refractivity contribution in [3.63, 3.8) is 0 Å². The normalized spacial score (nSPS) is 19.2. The molecule has 0 radical (unpaired) electrons. The molecule has 2 aromatic carbocycles. The highest BCUT2D eigenvalue weighted by atomic mass is 32.2. The van der Waals surface area contributed by atoms with Crippen LogP contribution >= 0.6 is 0 Å². The van der Waals surface area contributed by atoms with Crippen LogP contribution in [0, 0.1) is 0 Å². The Kier molecular flexibility index (Phi) is 4.79. The molecule has 29 heavy (non-hydrogen) atoms. The molecule has 0 aliphatic carbocycles. The Bertz CT molecular complexity index is 1110. The van der Waals surface area contributed by atoms with Gasteiger partial charge in [-0.15, -0.1) is 0 Å². The van der Waals surface area contributed by atoms with Crippen molar-refractivity contribution < 1.29 is 27.5 Å². The molecule has 2 amide bonds. The van der Waals surface area contributed by atoms with Crippen LogP contribution in [0.3, 0.4) is 0 Å². The van der Waals surface area contributed by atoms with E-state index in [4.69, 9.17) is 9.47 Å². The fourth-order valence-electron chi connectivity index (χ4n) is 3.88. The lowest BCUT2D eigenvalue weighted by Gasteiger charge is -2.26. The second-order valence-corrected chi connectivity index (χ2v) is 8.76. The van der Waals surface area contributed by atoms with Gasteiger partial charge in [0.15, 0.2) is 0 Å². The maximum absolute atomic E-state index is 13.4. The predicted octanol–water partition coefficient (Wildman–Crippen LogP) is 2.11. The van der Waals surface area contributed by atoms with Gasteiger partial charge in [0, 0.05) is 12.1 Å². The molecule has 1 fully saturated rings. The number of benzene rings is 2. The number of methoxy groups -OCH3 is 2. The van der Waals surface area contributed by atoms with Crippen LogP contribution in [0.1, 0.15) is 45.2 Å². The molecule has 0 saturated carbocycles. The first-order chi connectivity index (χ1) is 13.9. The van der Waals surface area contributed by atoms with E-state index in [1.54, 1.807) is 25.3 Å². The van der Waals surface area contributed by atoms with Crippen molar-refractivity contribution in [2.24, 2.45) is 0 Å². The van der Waals surface area contributed by atoms with Crippen molar-refractivity contribution in [2.75, 3.05) is 20.8 Å². The number of amides is 2. The molecule has 0 spiro atoms.